The standard InChI is InChI=1S/C24H23NO4/c26-23(25-16-15-19-9-3-1-4-10-19)17-29-24(27)18-28-22-14-8-7-13-21(22)20-11-5-2-6-12-20/h1-14H,15-18H2,(H,25,26). The number of carbonyl (C=O) groups is 2. The summed E-state index contributed by atoms with van der Waals surface area (Å²) in [4.78, 5) is 23.8. The van der Waals surface area contributed by atoms with Crippen molar-refractivity contribution in [2.24, 2.45) is 0 Å². The van der Waals surface area contributed by atoms with E-state index >= 15 is 0 Å². The lowest BCUT2D eigenvalue weighted by Crippen LogP contribution is -2.31. The van der Waals surface area contributed by atoms with Crippen molar-refractivity contribution in [1.82, 2.24) is 5.32 Å². The molecule has 0 unspecified atom stereocenters. The average molecular weight is 389 g/mol. The van der Waals surface area contributed by atoms with E-state index in [1.807, 2.05) is 78.9 Å². The van der Waals surface area contributed by atoms with Crippen LogP contribution in [0.1, 0.15) is 5.56 Å². The van der Waals surface area contributed by atoms with E-state index in [4.69, 9.17) is 9.47 Å². The zero-order valence-electron chi connectivity index (χ0n) is 16.0. The highest BCUT2D eigenvalue weighted by molar-refractivity contribution is 5.81. The first kappa shape index (κ1) is 20.1. The summed E-state index contributed by atoms with van der Waals surface area (Å²) < 4.78 is 10.6. The van der Waals surface area contributed by atoms with Gasteiger partial charge < -0.3 is 14.8 Å². The molecule has 0 spiro atoms. The zero-order valence-corrected chi connectivity index (χ0v) is 16.0. The molecule has 3 rings (SSSR count). The summed E-state index contributed by atoms with van der Waals surface area (Å²) in [6, 6.07) is 27.1. The van der Waals surface area contributed by atoms with Gasteiger partial charge in [-0.3, -0.25) is 4.79 Å². The van der Waals surface area contributed by atoms with E-state index in [2.05, 4.69) is 5.32 Å². The fourth-order valence-corrected chi connectivity index (χ4v) is 2.82. The van der Waals surface area contributed by atoms with Crippen LogP contribution in [-0.2, 0) is 20.7 Å². The van der Waals surface area contributed by atoms with Gasteiger partial charge in [-0.2, -0.15) is 0 Å². The van der Waals surface area contributed by atoms with Crippen LogP contribution >= 0.6 is 0 Å². The largest absolute Gasteiger partial charge is 0.481 e. The molecule has 1 amide bonds. The Morgan fingerprint density at radius 3 is 2.17 bits per heavy atom. The van der Waals surface area contributed by atoms with Gasteiger partial charge in [0, 0.05) is 12.1 Å². The maximum Gasteiger partial charge on any atom is 0.344 e. The van der Waals surface area contributed by atoms with Crippen molar-refractivity contribution in [2.75, 3.05) is 19.8 Å². The highest BCUT2D eigenvalue weighted by Crippen LogP contribution is 2.29. The lowest BCUT2D eigenvalue weighted by atomic mass is 10.1. The summed E-state index contributed by atoms with van der Waals surface area (Å²) in [5.74, 6) is -0.340. The van der Waals surface area contributed by atoms with Gasteiger partial charge in [0.25, 0.3) is 5.91 Å². The third-order valence-corrected chi connectivity index (χ3v) is 4.26. The summed E-state index contributed by atoms with van der Waals surface area (Å²) in [5.41, 5.74) is 3.02. The van der Waals surface area contributed by atoms with E-state index in [-0.39, 0.29) is 19.1 Å². The minimum Gasteiger partial charge on any atom is -0.481 e. The van der Waals surface area contributed by atoms with E-state index < -0.39 is 5.97 Å². The molecule has 0 heterocycles. The van der Waals surface area contributed by atoms with E-state index in [9.17, 15) is 9.59 Å². The fourth-order valence-electron chi connectivity index (χ4n) is 2.82. The third kappa shape index (κ3) is 6.50. The van der Waals surface area contributed by atoms with E-state index in [0.717, 1.165) is 23.1 Å². The molecule has 29 heavy (non-hydrogen) atoms. The molecule has 0 atom stereocenters. The average Bonchev–Trinajstić information content (AvgIpc) is 2.78. The summed E-state index contributed by atoms with van der Waals surface area (Å²) >= 11 is 0. The van der Waals surface area contributed by atoms with Crippen LogP contribution in [0.2, 0.25) is 0 Å². The van der Waals surface area contributed by atoms with E-state index in [0.29, 0.717) is 12.3 Å². The van der Waals surface area contributed by atoms with Crippen LogP contribution < -0.4 is 10.1 Å². The Morgan fingerprint density at radius 2 is 1.41 bits per heavy atom. The molecule has 0 radical (unpaired) electrons. The number of amides is 1. The van der Waals surface area contributed by atoms with Gasteiger partial charge in [-0.15, -0.1) is 0 Å². The van der Waals surface area contributed by atoms with Gasteiger partial charge in [0.1, 0.15) is 5.75 Å². The van der Waals surface area contributed by atoms with Crippen LogP contribution in [0.4, 0.5) is 0 Å². The Morgan fingerprint density at radius 1 is 0.759 bits per heavy atom. The van der Waals surface area contributed by atoms with E-state index in [1.54, 1.807) is 6.07 Å². The minimum atomic E-state index is -0.592. The van der Waals surface area contributed by atoms with Crippen molar-refractivity contribution >= 4 is 11.9 Å². The van der Waals surface area contributed by atoms with Crippen LogP contribution in [-0.4, -0.2) is 31.6 Å². The number of benzene rings is 3. The van der Waals surface area contributed by atoms with Gasteiger partial charge >= 0.3 is 5.97 Å². The van der Waals surface area contributed by atoms with Crippen LogP contribution in [0.5, 0.6) is 5.75 Å². The summed E-state index contributed by atoms with van der Waals surface area (Å²) in [6.45, 7) is -0.0974. The molecule has 0 aliphatic carbocycles. The van der Waals surface area contributed by atoms with Crippen LogP contribution in [0, 0.1) is 0 Å². The number of nitrogens with one attached hydrogen (secondary N) is 1. The second-order valence-corrected chi connectivity index (χ2v) is 6.40. The molecule has 3 aromatic carbocycles. The Hall–Kier alpha value is -3.60. The number of rotatable bonds is 9. The predicted molar refractivity (Wildman–Crippen MR) is 111 cm³/mol. The molecular weight excluding hydrogens is 366 g/mol. The van der Waals surface area contributed by atoms with Crippen molar-refractivity contribution in [2.45, 2.75) is 6.42 Å². The van der Waals surface area contributed by atoms with Gasteiger partial charge in [-0.05, 0) is 23.6 Å². The maximum atomic E-state index is 11.9. The van der Waals surface area contributed by atoms with Crippen LogP contribution in [0.3, 0.4) is 0 Å². The molecule has 0 fully saturated rings. The molecule has 0 aromatic heterocycles. The molecule has 0 bridgehead atoms. The quantitative estimate of drug-likeness (QED) is 0.568. The second-order valence-electron chi connectivity index (χ2n) is 6.40. The molecule has 0 saturated carbocycles. The molecule has 5 nitrogen and oxygen atoms in total. The molecule has 5 heteroatoms. The highest BCUT2D eigenvalue weighted by atomic mass is 16.6. The lowest BCUT2D eigenvalue weighted by Gasteiger charge is -2.11. The Kier molecular flexibility index (Phi) is 7.41. The van der Waals surface area contributed by atoms with Gasteiger partial charge in [0.05, 0.1) is 0 Å². The third-order valence-electron chi connectivity index (χ3n) is 4.26. The molecule has 0 saturated heterocycles. The second kappa shape index (κ2) is 10.7. The maximum absolute atomic E-state index is 11.9. The molecule has 3 aromatic rings. The van der Waals surface area contributed by atoms with Crippen molar-refractivity contribution in [3.8, 4) is 16.9 Å². The lowest BCUT2D eigenvalue weighted by molar-refractivity contribution is -0.150. The Balaban J connectivity index is 1.41. The molecular formula is C24H23NO4. The molecule has 1 N–H and O–H groups in total. The van der Waals surface area contributed by atoms with Gasteiger partial charge in [0.15, 0.2) is 13.2 Å². The SMILES string of the molecule is O=C(COC(=O)COc1ccccc1-c1ccccc1)NCCc1ccccc1. The summed E-state index contributed by atoms with van der Waals surface area (Å²) in [7, 11) is 0. The smallest absolute Gasteiger partial charge is 0.344 e. The summed E-state index contributed by atoms with van der Waals surface area (Å²) in [6.07, 6.45) is 0.722. The van der Waals surface area contributed by atoms with E-state index in [1.165, 1.54) is 0 Å². The normalized spacial score (nSPS) is 10.2. The summed E-state index contributed by atoms with van der Waals surface area (Å²) in [5, 5.41) is 2.73. The number of hydrogen-bond donors (Lipinski definition) is 1. The zero-order chi connectivity index (χ0) is 20.3. The number of esters is 1. The Labute approximate surface area is 170 Å². The van der Waals surface area contributed by atoms with Crippen LogP contribution in [0.15, 0.2) is 84.9 Å². The van der Waals surface area contributed by atoms with Crippen molar-refractivity contribution < 1.29 is 19.1 Å². The monoisotopic (exact) mass is 389 g/mol. The van der Waals surface area contributed by atoms with Crippen molar-refractivity contribution in [1.29, 1.82) is 0 Å². The molecule has 0 aliphatic rings. The number of para-hydroxylation sites is 1. The predicted octanol–water partition coefficient (Wildman–Crippen LogP) is 3.63. The first-order chi connectivity index (χ1) is 14.2. The fraction of sp³-hybridized carbons (Fsp3) is 0.167. The Bertz CT molecular complexity index is 926. The van der Waals surface area contributed by atoms with Gasteiger partial charge in [-0.1, -0.05) is 78.9 Å². The van der Waals surface area contributed by atoms with Gasteiger partial charge in [-0.25, -0.2) is 4.79 Å². The van der Waals surface area contributed by atoms with Crippen molar-refractivity contribution in [3.63, 3.8) is 0 Å². The molecule has 148 valence electrons. The first-order valence-corrected chi connectivity index (χ1v) is 9.46. The number of hydrogen-bond acceptors (Lipinski definition) is 4. The van der Waals surface area contributed by atoms with Crippen LogP contribution in [0.25, 0.3) is 11.1 Å². The number of carbonyl (C=O) groups excluding carboxylic acids is 2. The minimum absolute atomic E-state index is 0.263. The molecule has 0 aliphatic heterocycles. The van der Waals surface area contributed by atoms with Gasteiger partial charge in [0.2, 0.25) is 0 Å². The highest BCUT2D eigenvalue weighted by Gasteiger charge is 2.11. The topological polar surface area (TPSA) is 64.6 Å². The number of ether oxygens (including phenoxy) is 2. The van der Waals surface area contributed by atoms with Crippen molar-refractivity contribution in [3.05, 3.63) is 90.5 Å². The first-order valence-electron chi connectivity index (χ1n) is 9.46.